The zero-order chi connectivity index (χ0) is 29.9. The first kappa shape index (κ1) is 32.2. The summed E-state index contributed by atoms with van der Waals surface area (Å²) < 4.78 is 10.6. The van der Waals surface area contributed by atoms with Gasteiger partial charge in [-0.05, 0) is 66.9 Å². The predicted octanol–water partition coefficient (Wildman–Crippen LogP) is 2.53. The summed E-state index contributed by atoms with van der Waals surface area (Å²) in [6.45, 7) is 11.0. The van der Waals surface area contributed by atoms with Gasteiger partial charge in [0.05, 0.1) is 6.42 Å². The second-order valence-corrected chi connectivity index (χ2v) is 11.4. The lowest BCUT2D eigenvalue weighted by Gasteiger charge is -2.30. The van der Waals surface area contributed by atoms with Gasteiger partial charge < -0.3 is 25.0 Å². The van der Waals surface area contributed by atoms with Gasteiger partial charge in [0.2, 0.25) is 23.7 Å². The second kappa shape index (κ2) is 14.4. The molecule has 4 N–H and O–H groups in total. The largest absolute Gasteiger partial charge is 0.444 e. The van der Waals surface area contributed by atoms with Crippen LogP contribution in [0.1, 0.15) is 73.6 Å². The molecule has 1 aliphatic heterocycles. The quantitative estimate of drug-likeness (QED) is 0.312. The Morgan fingerprint density at radius 3 is 2.30 bits per heavy atom. The maximum Gasteiger partial charge on any atom is 0.407 e. The van der Waals surface area contributed by atoms with Crippen LogP contribution in [0.5, 0.6) is 0 Å². The molecule has 2 rings (SSSR count). The van der Waals surface area contributed by atoms with Crippen molar-refractivity contribution in [2.24, 2.45) is 4.99 Å². The average molecular weight is 563 g/mol. The fraction of sp³-hybridized carbons (Fsp3) is 0.654. The highest BCUT2D eigenvalue weighted by atomic mass is 16.6. The smallest absolute Gasteiger partial charge is 0.407 e. The van der Waals surface area contributed by atoms with Gasteiger partial charge in [-0.3, -0.25) is 20.2 Å². The summed E-state index contributed by atoms with van der Waals surface area (Å²) >= 11 is 0. The standard InChI is InChI=1S/C26H42N8O6/c1-25(2,3)39-23(37)29-12-9-8-11-17(30-24(38)40-26(4,5)6)15-20(36)34(7)18-16-19(35)32-22(31-18)33-21-27-13-10-14-28-21/h10,13-14,17-18H,8-9,11-12,15-16H2,1-7H3,(H,29,37)(H,30,38)(H2,27,28,31,32,33,35)/t17-,18?/m0/s1. The van der Waals surface area contributed by atoms with E-state index < -0.39 is 35.6 Å². The van der Waals surface area contributed by atoms with Gasteiger partial charge in [0.15, 0.2) is 0 Å². The van der Waals surface area contributed by atoms with Crippen molar-refractivity contribution in [3.05, 3.63) is 18.5 Å². The van der Waals surface area contributed by atoms with E-state index in [1.54, 1.807) is 67.1 Å². The molecule has 1 aromatic rings. The molecule has 40 heavy (non-hydrogen) atoms. The third-order valence-electron chi connectivity index (χ3n) is 5.33. The minimum absolute atomic E-state index is 0.0242. The molecule has 0 aromatic carbocycles. The lowest BCUT2D eigenvalue weighted by atomic mass is 10.1. The molecule has 0 radical (unpaired) electrons. The molecule has 0 aliphatic carbocycles. The number of rotatable bonds is 10. The van der Waals surface area contributed by atoms with Crippen molar-refractivity contribution in [2.45, 2.75) is 97.1 Å². The Kier molecular flexibility index (Phi) is 11.6. The van der Waals surface area contributed by atoms with Gasteiger partial charge in [-0.15, -0.1) is 0 Å². The number of nitrogens with zero attached hydrogens (tertiary/aromatic N) is 4. The number of hydrogen-bond donors (Lipinski definition) is 4. The molecule has 14 nitrogen and oxygen atoms in total. The van der Waals surface area contributed by atoms with Crippen molar-refractivity contribution < 1.29 is 28.7 Å². The monoisotopic (exact) mass is 562 g/mol. The lowest BCUT2D eigenvalue weighted by molar-refractivity contribution is -0.133. The molecule has 1 aliphatic rings. The Morgan fingerprint density at radius 2 is 1.68 bits per heavy atom. The Hall–Kier alpha value is -3.97. The topological polar surface area (TPSA) is 176 Å². The summed E-state index contributed by atoms with van der Waals surface area (Å²) in [6.07, 6.45) is 2.81. The van der Waals surface area contributed by atoms with Crippen molar-refractivity contribution in [3.8, 4) is 0 Å². The number of carbonyl (C=O) groups excluding carboxylic acids is 4. The molecule has 0 saturated heterocycles. The van der Waals surface area contributed by atoms with E-state index in [0.29, 0.717) is 25.8 Å². The third kappa shape index (κ3) is 12.7. The maximum atomic E-state index is 13.2. The molecule has 2 heterocycles. The second-order valence-electron chi connectivity index (χ2n) is 11.4. The Bertz CT molecular complexity index is 1050. The van der Waals surface area contributed by atoms with Crippen molar-refractivity contribution in [2.75, 3.05) is 18.9 Å². The molecule has 1 aromatic heterocycles. The summed E-state index contributed by atoms with van der Waals surface area (Å²) in [5.74, 6) is -0.252. The summed E-state index contributed by atoms with van der Waals surface area (Å²) in [6, 6.07) is 1.11. The number of ether oxygens (including phenoxy) is 2. The van der Waals surface area contributed by atoms with Crippen LogP contribution in [0.4, 0.5) is 15.5 Å². The van der Waals surface area contributed by atoms with Gasteiger partial charge in [-0.25, -0.2) is 24.5 Å². The number of alkyl carbamates (subject to hydrolysis) is 2. The van der Waals surface area contributed by atoms with Gasteiger partial charge in [0.25, 0.3) is 0 Å². The highest BCUT2D eigenvalue weighted by Crippen LogP contribution is 2.15. The number of nitrogens with one attached hydrogen (secondary N) is 4. The van der Waals surface area contributed by atoms with Crippen LogP contribution in [0.2, 0.25) is 0 Å². The number of aromatic nitrogens is 2. The summed E-state index contributed by atoms with van der Waals surface area (Å²) in [7, 11) is 1.56. The summed E-state index contributed by atoms with van der Waals surface area (Å²) in [5.41, 5.74) is -1.29. The van der Waals surface area contributed by atoms with Gasteiger partial charge >= 0.3 is 12.2 Å². The fourth-order valence-electron chi connectivity index (χ4n) is 3.57. The summed E-state index contributed by atoms with van der Waals surface area (Å²) in [5, 5.41) is 10.9. The number of aliphatic imine (C=N–C) groups is 1. The molecule has 0 fully saturated rings. The maximum absolute atomic E-state index is 13.2. The highest BCUT2D eigenvalue weighted by molar-refractivity contribution is 6.05. The van der Waals surface area contributed by atoms with E-state index in [-0.39, 0.29) is 36.6 Å². The van der Waals surface area contributed by atoms with Crippen molar-refractivity contribution in [1.29, 1.82) is 0 Å². The van der Waals surface area contributed by atoms with Crippen LogP contribution >= 0.6 is 0 Å². The molecule has 4 amide bonds. The molecule has 14 heteroatoms. The third-order valence-corrected chi connectivity index (χ3v) is 5.33. The van der Waals surface area contributed by atoms with Crippen molar-refractivity contribution in [1.82, 2.24) is 30.8 Å². The van der Waals surface area contributed by atoms with Gasteiger partial charge in [-0.2, -0.15) is 0 Å². The van der Waals surface area contributed by atoms with Crippen LogP contribution in [0.15, 0.2) is 23.5 Å². The number of guanidine groups is 1. The highest BCUT2D eigenvalue weighted by Gasteiger charge is 2.29. The zero-order valence-corrected chi connectivity index (χ0v) is 24.4. The first-order chi connectivity index (χ1) is 18.6. The normalized spacial score (nSPS) is 16.1. The van der Waals surface area contributed by atoms with E-state index in [9.17, 15) is 19.2 Å². The zero-order valence-electron chi connectivity index (χ0n) is 24.4. The Balaban J connectivity index is 1.99. The van der Waals surface area contributed by atoms with E-state index in [2.05, 4.69) is 36.2 Å². The van der Waals surface area contributed by atoms with Crippen LogP contribution in [0.25, 0.3) is 0 Å². The van der Waals surface area contributed by atoms with Crippen LogP contribution in [-0.4, -0.2) is 81.8 Å². The number of amides is 4. The van der Waals surface area contributed by atoms with Crippen LogP contribution in [0, 0.1) is 0 Å². The van der Waals surface area contributed by atoms with E-state index in [1.807, 2.05) is 0 Å². The Morgan fingerprint density at radius 1 is 1.05 bits per heavy atom. The summed E-state index contributed by atoms with van der Waals surface area (Å²) in [4.78, 5) is 63.7. The lowest BCUT2D eigenvalue weighted by Crippen LogP contribution is -2.50. The molecule has 222 valence electrons. The van der Waals surface area contributed by atoms with Crippen molar-refractivity contribution >= 4 is 35.9 Å². The molecule has 0 bridgehead atoms. The van der Waals surface area contributed by atoms with E-state index in [1.165, 1.54) is 4.90 Å². The Labute approximate surface area is 235 Å². The molecule has 0 saturated carbocycles. The van der Waals surface area contributed by atoms with Crippen molar-refractivity contribution in [3.63, 3.8) is 0 Å². The number of unbranched alkanes of at least 4 members (excludes halogenated alkanes) is 1. The molecular formula is C26H42N8O6. The fourth-order valence-corrected chi connectivity index (χ4v) is 3.57. The predicted molar refractivity (Wildman–Crippen MR) is 148 cm³/mol. The molecular weight excluding hydrogens is 520 g/mol. The number of hydrogen-bond acceptors (Lipinski definition) is 10. The van der Waals surface area contributed by atoms with Gasteiger partial charge in [-0.1, -0.05) is 0 Å². The van der Waals surface area contributed by atoms with E-state index in [4.69, 9.17) is 9.47 Å². The van der Waals surface area contributed by atoms with Crippen LogP contribution in [-0.2, 0) is 19.1 Å². The van der Waals surface area contributed by atoms with E-state index >= 15 is 0 Å². The molecule has 1 unspecified atom stereocenters. The first-order valence-electron chi connectivity index (χ1n) is 13.2. The SMILES string of the molecule is CN(C(=O)C[C@H](CCCCNC(=O)OC(C)(C)C)NC(=O)OC(C)(C)C)C1CC(=O)NC(Nc2ncccn2)=N1. The van der Waals surface area contributed by atoms with Gasteiger partial charge in [0.1, 0.15) is 17.4 Å². The number of anilines is 1. The van der Waals surface area contributed by atoms with E-state index in [0.717, 1.165) is 0 Å². The minimum Gasteiger partial charge on any atom is -0.444 e. The molecule has 2 atom stereocenters. The number of carbonyl (C=O) groups is 4. The average Bonchev–Trinajstić information content (AvgIpc) is 2.81. The minimum atomic E-state index is -0.757. The van der Waals surface area contributed by atoms with Crippen LogP contribution in [0.3, 0.4) is 0 Å². The first-order valence-corrected chi connectivity index (χ1v) is 13.2. The molecule has 0 spiro atoms. The van der Waals surface area contributed by atoms with Gasteiger partial charge in [0, 0.05) is 38.4 Å². The van der Waals surface area contributed by atoms with Crippen LogP contribution < -0.4 is 21.3 Å².